The van der Waals surface area contributed by atoms with Gasteiger partial charge in [0.25, 0.3) is 5.91 Å². The summed E-state index contributed by atoms with van der Waals surface area (Å²) in [6.45, 7) is 0. The standard InChI is InChI=1S/C26H21ClN2O4/c27-15-9-10-20-14(11-15)12-21(33-20)24(30)22-23(18-13-28-19-8-4-3-7-17(18)19)29(26(32)25(22)31)16-5-1-2-6-16/h3-4,7-13,16,23,28,31H,1-2,5-6H2. The van der Waals surface area contributed by atoms with Gasteiger partial charge in [-0.05, 0) is 43.2 Å². The van der Waals surface area contributed by atoms with E-state index in [0.29, 0.717) is 16.0 Å². The molecular weight excluding hydrogens is 440 g/mol. The molecule has 2 N–H and O–H groups in total. The van der Waals surface area contributed by atoms with Crippen molar-refractivity contribution < 1.29 is 19.1 Å². The Hall–Kier alpha value is -3.51. The molecule has 3 heterocycles. The molecule has 1 aliphatic heterocycles. The highest BCUT2D eigenvalue weighted by Gasteiger charge is 2.48. The number of hydrogen-bond donors (Lipinski definition) is 2. The smallest absolute Gasteiger partial charge is 0.290 e. The summed E-state index contributed by atoms with van der Waals surface area (Å²) in [6.07, 6.45) is 5.56. The third-order valence-corrected chi connectivity index (χ3v) is 7.06. The molecule has 4 aromatic rings. The van der Waals surface area contributed by atoms with E-state index in [2.05, 4.69) is 4.98 Å². The normalized spacial score (nSPS) is 19.5. The van der Waals surface area contributed by atoms with E-state index < -0.39 is 23.5 Å². The zero-order valence-electron chi connectivity index (χ0n) is 17.7. The number of rotatable bonds is 4. The van der Waals surface area contributed by atoms with E-state index in [0.717, 1.165) is 42.1 Å². The summed E-state index contributed by atoms with van der Waals surface area (Å²) < 4.78 is 5.80. The first-order valence-electron chi connectivity index (χ1n) is 11.1. The predicted octanol–water partition coefficient (Wildman–Crippen LogP) is 6.09. The number of fused-ring (bicyclic) bond motifs is 2. The Morgan fingerprint density at radius 1 is 1.12 bits per heavy atom. The molecule has 0 spiro atoms. The number of amides is 1. The van der Waals surface area contributed by atoms with Crippen LogP contribution in [-0.2, 0) is 4.79 Å². The fourth-order valence-electron chi connectivity index (χ4n) is 5.30. The number of nitrogens with zero attached hydrogens (tertiary/aromatic N) is 1. The molecule has 6 nitrogen and oxygen atoms in total. The number of halogens is 1. The second kappa shape index (κ2) is 7.52. The highest BCUT2D eigenvalue weighted by Crippen LogP contribution is 2.45. The van der Waals surface area contributed by atoms with Crippen molar-refractivity contribution in [2.75, 3.05) is 0 Å². The first-order valence-corrected chi connectivity index (χ1v) is 11.5. The molecule has 2 aliphatic rings. The molecule has 1 atom stereocenters. The molecule has 1 amide bonds. The number of ketones is 1. The van der Waals surface area contributed by atoms with Crippen molar-refractivity contribution in [1.29, 1.82) is 0 Å². The lowest BCUT2D eigenvalue weighted by Crippen LogP contribution is -2.38. The summed E-state index contributed by atoms with van der Waals surface area (Å²) in [4.78, 5) is 32.0. The Labute approximate surface area is 194 Å². The van der Waals surface area contributed by atoms with Gasteiger partial charge in [0.2, 0.25) is 5.78 Å². The second-order valence-electron chi connectivity index (χ2n) is 8.73. The van der Waals surface area contributed by atoms with Gasteiger partial charge in [-0.2, -0.15) is 0 Å². The van der Waals surface area contributed by atoms with Gasteiger partial charge >= 0.3 is 0 Å². The molecule has 1 aliphatic carbocycles. The molecule has 33 heavy (non-hydrogen) atoms. The van der Waals surface area contributed by atoms with Gasteiger partial charge in [0.05, 0.1) is 11.6 Å². The van der Waals surface area contributed by atoms with Gasteiger partial charge in [-0.3, -0.25) is 9.59 Å². The molecule has 1 saturated carbocycles. The fourth-order valence-corrected chi connectivity index (χ4v) is 5.48. The van der Waals surface area contributed by atoms with Crippen molar-refractivity contribution in [3.63, 3.8) is 0 Å². The van der Waals surface area contributed by atoms with Gasteiger partial charge in [-0.1, -0.05) is 42.6 Å². The lowest BCUT2D eigenvalue weighted by molar-refractivity contribution is -0.131. The Balaban J connectivity index is 1.51. The number of aromatic amines is 1. The Kier molecular flexibility index (Phi) is 4.59. The number of hydrogen-bond acceptors (Lipinski definition) is 4. The molecular formula is C26H21ClN2O4. The maximum absolute atomic E-state index is 13.7. The largest absolute Gasteiger partial charge is 0.503 e. The van der Waals surface area contributed by atoms with E-state index in [1.807, 2.05) is 30.5 Å². The molecule has 0 bridgehead atoms. The number of H-pyrrole nitrogens is 1. The van der Waals surface area contributed by atoms with Crippen LogP contribution in [-0.4, -0.2) is 32.7 Å². The van der Waals surface area contributed by atoms with E-state index in [1.165, 1.54) is 0 Å². The van der Waals surface area contributed by atoms with Crippen molar-refractivity contribution >= 4 is 45.2 Å². The first-order chi connectivity index (χ1) is 16.0. The van der Waals surface area contributed by atoms with E-state index in [-0.39, 0.29) is 17.4 Å². The van der Waals surface area contributed by atoms with Gasteiger partial charge in [0.15, 0.2) is 11.5 Å². The minimum Gasteiger partial charge on any atom is -0.503 e. The van der Waals surface area contributed by atoms with Gasteiger partial charge in [0.1, 0.15) is 5.58 Å². The number of carbonyl (C=O) groups excluding carboxylic acids is 2. The zero-order valence-corrected chi connectivity index (χ0v) is 18.4. The SMILES string of the molecule is O=C(C1=C(O)C(=O)N(C2CCCC2)C1c1c[nH]c2ccccc12)c1cc2cc(Cl)ccc2o1. The van der Waals surface area contributed by atoms with Crippen LogP contribution in [0.5, 0.6) is 0 Å². The summed E-state index contributed by atoms with van der Waals surface area (Å²) in [7, 11) is 0. The number of aliphatic hydroxyl groups excluding tert-OH is 1. The van der Waals surface area contributed by atoms with Crippen molar-refractivity contribution in [2.24, 2.45) is 0 Å². The van der Waals surface area contributed by atoms with Crippen LogP contribution < -0.4 is 0 Å². The van der Waals surface area contributed by atoms with E-state index in [9.17, 15) is 14.7 Å². The molecule has 0 saturated heterocycles. The quantitative estimate of drug-likeness (QED) is 0.361. The van der Waals surface area contributed by atoms with Crippen molar-refractivity contribution in [3.8, 4) is 0 Å². The van der Waals surface area contributed by atoms with Crippen LogP contribution in [0, 0.1) is 0 Å². The topological polar surface area (TPSA) is 86.5 Å². The molecule has 2 aromatic heterocycles. The number of nitrogens with one attached hydrogen (secondary N) is 1. The van der Waals surface area contributed by atoms with Crippen LogP contribution in [0.25, 0.3) is 21.9 Å². The Bertz CT molecular complexity index is 1460. The van der Waals surface area contributed by atoms with Crippen molar-refractivity contribution in [2.45, 2.75) is 37.8 Å². The minimum atomic E-state index is -0.693. The first kappa shape index (κ1) is 20.1. The second-order valence-corrected chi connectivity index (χ2v) is 9.16. The third kappa shape index (κ3) is 3.09. The van der Waals surface area contributed by atoms with Crippen molar-refractivity contribution in [1.82, 2.24) is 9.88 Å². The van der Waals surface area contributed by atoms with E-state index in [1.54, 1.807) is 29.2 Å². The van der Waals surface area contributed by atoms with E-state index >= 15 is 0 Å². The number of Topliss-reactive ketones (excluding diaryl/α,β-unsaturated/α-hetero) is 1. The van der Waals surface area contributed by atoms with Crippen LogP contribution in [0.2, 0.25) is 5.02 Å². The molecule has 1 unspecified atom stereocenters. The highest BCUT2D eigenvalue weighted by molar-refractivity contribution is 6.31. The van der Waals surface area contributed by atoms with E-state index in [4.69, 9.17) is 16.0 Å². The molecule has 166 valence electrons. The summed E-state index contributed by atoms with van der Waals surface area (Å²) in [5.41, 5.74) is 2.27. The summed E-state index contributed by atoms with van der Waals surface area (Å²) in [5, 5.41) is 13.1. The maximum atomic E-state index is 13.7. The number of benzene rings is 2. The molecule has 6 rings (SSSR count). The van der Waals surface area contributed by atoms with Gasteiger partial charge in [-0.15, -0.1) is 0 Å². The number of para-hydroxylation sites is 1. The number of carbonyl (C=O) groups is 2. The fraction of sp³-hybridized carbons (Fsp3) is 0.231. The highest BCUT2D eigenvalue weighted by atomic mass is 35.5. The Morgan fingerprint density at radius 3 is 2.73 bits per heavy atom. The predicted molar refractivity (Wildman–Crippen MR) is 125 cm³/mol. The Morgan fingerprint density at radius 2 is 1.91 bits per heavy atom. The van der Waals surface area contributed by atoms with Crippen LogP contribution >= 0.6 is 11.6 Å². The molecule has 0 radical (unpaired) electrons. The van der Waals surface area contributed by atoms with Gasteiger partial charge in [0, 0.05) is 39.1 Å². The summed E-state index contributed by atoms with van der Waals surface area (Å²) >= 11 is 6.08. The zero-order chi connectivity index (χ0) is 22.7. The van der Waals surface area contributed by atoms with Crippen LogP contribution in [0.15, 0.2) is 70.5 Å². The average molecular weight is 461 g/mol. The summed E-state index contributed by atoms with van der Waals surface area (Å²) in [5.74, 6) is -1.43. The lowest BCUT2D eigenvalue weighted by atomic mass is 9.93. The van der Waals surface area contributed by atoms with Crippen molar-refractivity contribution in [3.05, 3.63) is 82.4 Å². The van der Waals surface area contributed by atoms with Gasteiger partial charge in [-0.25, -0.2) is 0 Å². The third-order valence-electron chi connectivity index (χ3n) is 6.82. The lowest BCUT2D eigenvalue weighted by Gasteiger charge is -2.31. The minimum absolute atomic E-state index is 0.0295. The summed E-state index contributed by atoms with van der Waals surface area (Å²) in [6, 6.07) is 13.7. The van der Waals surface area contributed by atoms with Gasteiger partial charge < -0.3 is 19.4 Å². The van der Waals surface area contributed by atoms with Crippen LogP contribution in [0.1, 0.15) is 47.8 Å². The van der Waals surface area contributed by atoms with Crippen LogP contribution in [0.4, 0.5) is 0 Å². The number of furan rings is 1. The maximum Gasteiger partial charge on any atom is 0.290 e. The molecule has 7 heteroatoms. The number of aliphatic hydroxyl groups is 1. The molecule has 1 fully saturated rings. The number of aromatic nitrogens is 1. The molecule has 2 aromatic carbocycles. The average Bonchev–Trinajstić information content (AvgIpc) is 3.59. The van der Waals surface area contributed by atoms with Crippen LogP contribution in [0.3, 0.4) is 0 Å². The monoisotopic (exact) mass is 460 g/mol.